The van der Waals surface area contributed by atoms with E-state index in [9.17, 15) is 4.79 Å². The molecule has 0 bridgehead atoms. The van der Waals surface area contributed by atoms with Crippen molar-refractivity contribution >= 4 is 30.6 Å². The van der Waals surface area contributed by atoms with E-state index in [-0.39, 0.29) is 5.15 Å². The molecule has 0 amide bonds. The van der Waals surface area contributed by atoms with Gasteiger partial charge >= 0.3 is 7.12 Å². The Kier molecular flexibility index (Phi) is 3.26. The van der Waals surface area contributed by atoms with Crippen molar-refractivity contribution in [1.29, 1.82) is 0 Å². The van der Waals surface area contributed by atoms with Gasteiger partial charge in [-0.3, -0.25) is 4.79 Å². The monoisotopic (exact) mass is 267 g/mol. The second kappa shape index (κ2) is 4.33. The Balaban J connectivity index is 2.35. The number of carbonyl (C=O) groups is 1. The molecule has 0 aliphatic carbocycles. The predicted molar refractivity (Wildman–Crippen MR) is 70.4 cm³/mol. The minimum Gasteiger partial charge on any atom is -0.398 e. The second-order valence-electron chi connectivity index (χ2n) is 5.35. The lowest BCUT2D eigenvalue weighted by Crippen LogP contribution is -2.41. The quantitative estimate of drug-likeness (QED) is 0.466. The molecule has 0 N–H and O–H groups in total. The summed E-state index contributed by atoms with van der Waals surface area (Å²) >= 11 is 5.87. The van der Waals surface area contributed by atoms with Crippen LogP contribution in [-0.4, -0.2) is 29.6 Å². The zero-order valence-corrected chi connectivity index (χ0v) is 11.6. The lowest BCUT2D eigenvalue weighted by molar-refractivity contribution is 0.00578. The summed E-state index contributed by atoms with van der Waals surface area (Å²) in [7, 11) is -0.604. The Labute approximate surface area is 112 Å². The van der Waals surface area contributed by atoms with Gasteiger partial charge in [-0.05, 0) is 39.8 Å². The SMILES string of the molecule is CC1(C)OB(c2cc(C=O)cc(Cl)n2)OC1(C)C. The highest BCUT2D eigenvalue weighted by atomic mass is 35.5. The lowest BCUT2D eigenvalue weighted by atomic mass is 9.83. The summed E-state index contributed by atoms with van der Waals surface area (Å²) in [6.07, 6.45) is 0.725. The first-order valence-corrected chi connectivity index (χ1v) is 6.11. The van der Waals surface area contributed by atoms with Crippen molar-refractivity contribution in [3.8, 4) is 0 Å². The van der Waals surface area contributed by atoms with Crippen LogP contribution >= 0.6 is 11.6 Å². The number of nitrogens with zero attached hydrogens (tertiary/aromatic N) is 1. The maximum atomic E-state index is 10.8. The fraction of sp³-hybridized carbons (Fsp3) is 0.500. The first-order chi connectivity index (χ1) is 8.25. The zero-order chi connectivity index (χ0) is 13.6. The van der Waals surface area contributed by atoms with Gasteiger partial charge in [0.15, 0.2) is 0 Å². The van der Waals surface area contributed by atoms with Crippen LogP contribution in [0.25, 0.3) is 0 Å². The Morgan fingerprint density at radius 1 is 1.22 bits per heavy atom. The summed E-state index contributed by atoms with van der Waals surface area (Å²) in [5, 5.41) is 0.254. The molecule has 1 aromatic heterocycles. The number of rotatable bonds is 2. The van der Waals surface area contributed by atoms with E-state index in [0.717, 1.165) is 6.29 Å². The smallest absolute Gasteiger partial charge is 0.398 e. The number of halogens is 1. The van der Waals surface area contributed by atoms with Gasteiger partial charge in [0.25, 0.3) is 0 Å². The van der Waals surface area contributed by atoms with E-state index in [1.54, 1.807) is 6.07 Å². The van der Waals surface area contributed by atoms with E-state index in [2.05, 4.69) is 4.98 Å². The van der Waals surface area contributed by atoms with Gasteiger partial charge in [0.2, 0.25) is 0 Å². The van der Waals surface area contributed by atoms with Gasteiger partial charge in [-0.25, -0.2) is 4.98 Å². The third-order valence-electron chi connectivity index (χ3n) is 3.47. The second-order valence-corrected chi connectivity index (χ2v) is 5.74. The summed E-state index contributed by atoms with van der Waals surface area (Å²) < 4.78 is 11.7. The molecule has 1 saturated heterocycles. The molecular formula is C12H15BClNO3. The van der Waals surface area contributed by atoms with Crippen LogP contribution in [0.5, 0.6) is 0 Å². The highest BCUT2D eigenvalue weighted by molar-refractivity contribution is 6.61. The maximum absolute atomic E-state index is 10.8. The van der Waals surface area contributed by atoms with Crippen LogP contribution in [0, 0.1) is 0 Å². The number of hydrogen-bond donors (Lipinski definition) is 0. The molecule has 0 spiro atoms. The van der Waals surface area contributed by atoms with Crippen LogP contribution in [-0.2, 0) is 9.31 Å². The van der Waals surface area contributed by atoms with E-state index in [1.807, 2.05) is 27.7 Å². The first kappa shape index (κ1) is 13.5. The van der Waals surface area contributed by atoms with Crippen molar-refractivity contribution in [1.82, 2.24) is 4.98 Å². The molecule has 1 fully saturated rings. The molecule has 0 unspecified atom stereocenters. The molecule has 2 heterocycles. The summed E-state index contributed by atoms with van der Waals surface area (Å²) in [4.78, 5) is 15.0. The topological polar surface area (TPSA) is 48.4 Å². The van der Waals surface area contributed by atoms with Crippen molar-refractivity contribution in [2.24, 2.45) is 0 Å². The molecule has 18 heavy (non-hydrogen) atoms. The predicted octanol–water partition coefficient (Wildman–Crippen LogP) is 1.85. The zero-order valence-electron chi connectivity index (χ0n) is 10.9. The van der Waals surface area contributed by atoms with Gasteiger partial charge < -0.3 is 9.31 Å². The van der Waals surface area contributed by atoms with Crippen LogP contribution in [0.1, 0.15) is 38.1 Å². The van der Waals surface area contributed by atoms with Gasteiger partial charge in [-0.2, -0.15) is 0 Å². The normalized spacial score (nSPS) is 21.1. The summed E-state index contributed by atoms with van der Waals surface area (Å²) in [5.74, 6) is 0. The Bertz CT molecular complexity index is 474. The molecule has 0 radical (unpaired) electrons. The highest BCUT2D eigenvalue weighted by Crippen LogP contribution is 2.36. The standard InChI is InChI=1S/C12H15BClNO3/c1-11(2)12(3,4)18-13(17-11)9-5-8(7-16)6-10(14)15-9/h5-7H,1-4H3. The molecule has 96 valence electrons. The van der Waals surface area contributed by atoms with Gasteiger partial charge in [0, 0.05) is 5.56 Å². The number of pyridine rings is 1. The van der Waals surface area contributed by atoms with Gasteiger partial charge in [0.05, 0.1) is 16.8 Å². The summed E-state index contributed by atoms with van der Waals surface area (Å²) in [5.41, 5.74) is 0.0920. The molecule has 1 aromatic rings. The molecule has 2 rings (SSSR count). The molecular weight excluding hydrogens is 252 g/mol. The van der Waals surface area contributed by atoms with Crippen LogP contribution < -0.4 is 5.59 Å². The first-order valence-electron chi connectivity index (χ1n) is 5.73. The van der Waals surface area contributed by atoms with Gasteiger partial charge in [-0.15, -0.1) is 0 Å². The van der Waals surface area contributed by atoms with Gasteiger partial charge in [0.1, 0.15) is 11.4 Å². The van der Waals surface area contributed by atoms with Crippen molar-refractivity contribution in [2.75, 3.05) is 0 Å². The third-order valence-corrected chi connectivity index (χ3v) is 3.66. The fourth-order valence-corrected chi connectivity index (χ4v) is 1.91. The average molecular weight is 268 g/mol. The molecule has 1 aliphatic rings. The van der Waals surface area contributed by atoms with Crippen molar-refractivity contribution < 1.29 is 14.1 Å². The summed E-state index contributed by atoms with van der Waals surface area (Å²) in [6, 6.07) is 3.13. The maximum Gasteiger partial charge on any atom is 0.514 e. The fourth-order valence-electron chi connectivity index (χ4n) is 1.69. The minimum absolute atomic E-state index is 0.254. The molecule has 0 saturated carbocycles. The Morgan fingerprint density at radius 2 is 1.78 bits per heavy atom. The number of carbonyl (C=O) groups excluding carboxylic acids is 1. The van der Waals surface area contributed by atoms with Crippen LogP contribution in [0.2, 0.25) is 5.15 Å². The van der Waals surface area contributed by atoms with E-state index in [1.165, 1.54) is 6.07 Å². The van der Waals surface area contributed by atoms with E-state index in [4.69, 9.17) is 20.9 Å². The van der Waals surface area contributed by atoms with Crippen molar-refractivity contribution in [2.45, 2.75) is 38.9 Å². The number of hydrogen-bond acceptors (Lipinski definition) is 4. The van der Waals surface area contributed by atoms with E-state index in [0.29, 0.717) is 11.2 Å². The van der Waals surface area contributed by atoms with Crippen LogP contribution in [0.4, 0.5) is 0 Å². The highest BCUT2D eigenvalue weighted by Gasteiger charge is 2.52. The molecule has 1 aliphatic heterocycles. The number of aldehydes is 1. The van der Waals surface area contributed by atoms with Gasteiger partial charge in [-0.1, -0.05) is 11.6 Å². The molecule has 4 nitrogen and oxygen atoms in total. The van der Waals surface area contributed by atoms with E-state index < -0.39 is 18.3 Å². The van der Waals surface area contributed by atoms with Crippen molar-refractivity contribution in [3.63, 3.8) is 0 Å². The van der Waals surface area contributed by atoms with Crippen molar-refractivity contribution in [3.05, 3.63) is 22.8 Å². The molecule has 6 heteroatoms. The molecule has 0 aromatic carbocycles. The van der Waals surface area contributed by atoms with Crippen LogP contribution in [0.3, 0.4) is 0 Å². The summed E-state index contributed by atoms with van der Waals surface area (Å²) in [6.45, 7) is 7.83. The Hall–Kier alpha value is -0.905. The molecule has 0 atom stereocenters. The minimum atomic E-state index is -0.604. The average Bonchev–Trinajstić information content (AvgIpc) is 2.47. The number of aromatic nitrogens is 1. The Morgan fingerprint density at radius 3 is 2.28 bits per heavy atom. The van der Waals surface area contributed by atoms with E-state index >= 15 is 0 Å². The third kappa shape index (κ3) is 2.30. The van der Waals surface area contributed by atoms with Crippen LogP contribution in [0.15, 0.2) is 12.1 Å². The largest absolute Gasteiger partial charge is 0.514 e. The lowest BCUT2D eigenvalue weighted by Gasteiger charge is -2.32.